The molecule has 0 atom stereocenters. The third-order valence-electron chi connectivity index (χ3n) is 1.79. The van der Waals surface area contributed by atoms with Gasteiger partial charge in [-0.3, -0.25) is 4.98 Å². The summed E-state index contributed by atoms with van der Waals surface area (Å²) in [5.41, 5.74) is 2.31. The van der Waals surface area contributed by atoms with E-state index in [-0.39, 0.29) is 0 Å². The summed E-state index contributed by atoms with van der Waals surface area (Å²) in [5.74, 6) is 0. The average molecular weight is 178 g/mol. The first-order valence-corrected chi connectivity index (χ1v) is 4.66. The molecule has 2 aromatic rings. The molecule has 0 spiro atoms. The average Bonchev–Trinajstić information content (AvgIpc) is 2.47. The molecule has 2 aromatic heterocycles. The Balaban J connectivity index is 2.70. The van der Waals surface area contributed by atoms with Crippen LogP contribution in [0.1, 0.15) is 0 Å². The normalized spacial score (nSPS) is 10.5. The molecule has 0 unspecified atom stereocenters. The maximum absolute atomic E-state index is 4.33. The number of aromatic nitrogens is 1. The molecule has 0 aliphatic rings. The topological polar surface area (TPSA) is 16.1 Å². The predicted octanol–water partition coefficient (Wildman–Crippen LogP) is 2.36. The summed E-state index contributed by atoms with van der Waals surface area (Å²) in [4.78, 5) is 6.42. The second-order valence-electron chi connectivity index (χ2n) is 2.87. The lowest BCUT2D eigenvalue weighted by atomic mass is 10.3. The first-order valence-electron chi connectivity index (χ1n) is 3.78. The van der Waals surface area contributed by atoms with Crippen LogP contribution in [0, 0.1) is 0 Å². The van der Waals surface area contributed by atoms with Crippen LogP contribution in [0.15, 0.2) is 23.7 Å². The Morgan fingerprint density at radius 2 is 2.25 bits per heavy atom. The number of fused-ring (bicyclic) bond motifs is 1. The van der Waals surface area contributed by atoms with Crippen LogP contribution in [-0.4, -0.2) is 19.1 Å². The largest absolute Gasteiger partial charge is 0.375 e. The smallest absolute Gasteiger partial charge is 0.104 e. The van der Waals surface area contributed by atoms with Crippen molar-refractivity contribution in [3.63, 3.8) is 0 Å². The van der Waals surface area contributed by atoms with Crippen LogP contribution in [0.3, 0.4) is 0 Å². The van der Waals surface area contributed by atoms with Gasteiger partial charge in [0, 0.05) is 25.7 Å². The molecule has 3 heteroatoms. The summed E-state index contributed by atoms with van der Waals surface area (Å²) >= 11 is 1.74. The van der Waals surface area contributed by atoms with Gasteiger partial charge in [-0.2, -0.15) is 0 Å². The SMILES string of the molecule is CN(C)c1csc2cccnc12. The van der Waals surface area contributed by atoms with Gasteiger partial charge in [-0.15, -0.1) is 11.3 Å². The quantitative estimate of drug-likeness (QED) is 0.666. The van der Waals surface area contributed by atoms with Gasteiger partial charge in [0.2, 0.25) is 0 Å². The zero-order chi connectivity index (χ0) is 8.55. The maximum Gasteiger partial charge on any atom is 0.104 e. The number of hydrogen-bond acceptors (Lipinski definition) is 3. The Morgan fingerprint density at radius 1 is 1.42 bits per heavy atom. The number of nitrogens with zero attached hydrogens (tertiary/aromatic N) is 2. The first kappa shape index (κ1) is 7.55. The lowest BCUT2D eigenvalue weighted by Gasteiger charge is -2.08. The van der Waals surface area contributed by atoms with Crippen molar-refractivity contribution in [2.24, 2.45) is 0 Å². The van der Waals surface area contributed by atoms with Crippen LogP contribution in [-0.2, 0) is 0 Å². The molecule has 0 aliphatic carbocycles. The number of pyridine rings is 1. The fraction of sp³-hybridized carbons (Fsp3) is 0.222. The second kappa shape index (κ2) is 2.75. The summed E-state index contributed by atoms with van der Waals surface area (Å²) in [6.45, 7) is 0. The fourth-order valence-corrected chi connectivity index (χ4v) is 2.16. The predicted molar refractivity (Wildman–Crippen MR) is 53.9 cm³/mol. The van der Waals surface area contributed by atoms with Gasteiger partial charge < -0.3 is 4.90 Å². The van der Waals surface area contributed by atoms with Gasteiger partial charge in [0.15, 0.2) is 0 Å². The molecule has 0 amide bonds. The van der Waals surface area contributed by atoms with E-state index in [1.165, 1.54) is 10.4 Å². The first-order chi connectivity index (χ1) is 5.79. The lowest BCUT2D eigenvalue weighted by Crippen LogP contribution is -2.07. The molecular weight excluding hydrogens is 168 g/mol. The van der Waals surface area contributed by atoms with Crippen molar-refractivity contribution in [2.75, 3.05) is 19.0 Å². The van der Waals surface area contributed by atoms with E-state index < -0.39 is 0 Å². The lowest BCUT2D eigenvalue weighted by molar-refractivity contribution is 1.14. The van der Waals surface area contributed by atoms with E-state index in [1.807, 2.05) is 26.4 Å². The molecule has 0 aliphatic heterocycles. The highest BCUT2D eigenvalue weighted by molar-refractivity contribution is 7.17. The van der Waals surface area contributed by atoms with Gasteiger partial charge in [0.05, 0.1) is 10.4 Å². The van der Waals surface area contributed by atoms with E-state index >= 15 is 0 Å². The van der Waals surface area contributed by atoms with Crippen molar-refractivity contribution in [1.82, 2.24) is 4.98 Å². The highest BCUT2D eigenvalue weighted by Crippen LogP contribution is 2.29. The molecule has 0 saturated heterocycles. The minimum Gasteiger partial charge on any atom is -0.375 e. The van der Waals surface area contributed by atoms with Crippen LogP contribution in [0.25, 0.3) is 10.2 Å². The van der Waals surface area contributed by atoms with Crippen molar-refractivity contribution in [3.8, 4) is 0 Å². The summed E-state index contributed by atoms with van der Waals surface area (Å²) in [6, 6.07) is 4.07. The molecule has 0 aromatic carbocycles. The highest BCUT2D eigenvalue weighted by atomic mass is 32.1. The zero-order valence-electron chi connectivity index (χ0n) is 7.11. The maximum atomic E-state index is 4.33. The summed E-state index contributed by atoms with van der Waals surface area (Å²) in [5, 5.41) is 2.14. The van der Waals surface area contributed by atoms with E-state index in [1.54, 1.807) is 11.3 Å². The van der Waals surface area contributed by atoms with Crippen LogP contribution in [0.2, 0.25) is 0 Å². The fourth-order valence-electron chi connectivity index (χ4n) is 1.17. The van der Waals surface area contributed by atoms with Crippen molar-refractivity contribution in [1.29, 1.82) is 0 Å². The molecule has 0 N–H and O–H groups in total. The summed E-state index contributed by atoms with van der Waals surface area (Å²) in [6.07, 6.45) is 1.84. The Hall–Kier alpha value is -1.09. The third kappa shape index (κ3) is 1.06. The Labute approximate surface area is 75.5 Å². The second-order valence-corrected chi connectivity index (χ2v) is 3.78. The Kier molecular flexibility index (Phi) is 1.73. The number of hydrogen-bond donors (Lipinski definition) is 0. The van der Waals surface area contributed by atoms with Crippen LogP contribution < -0.4 is 4.90 Å². The number of anilines is 1. The molecule has 0 bridgehead atoms. The van der Waals surface area contributed by atoms with Gasteiger partial charge >= 0.3 is 0 Å². The summed E-state index contributed by atoms with van der Waals surface area (Å²) in [7, 11) is 4.08. The van der Waals surface area contributed by atoms with Crippen LogP contribution >= 0.6 is 11.3 Å². The molecule has 0 radical (unpaired) electrons. The molecule has 2 heterocycles. The molecule has 2 rings (SSSR count). The van der Waals surface area contributed by atoms with Gasteiger partial charge in [0.25, 0.3) is 0 Å². The minimum absolute atomic E-state index is 1.10. The standard InChI is InChI=1S/C9H10N2S/c1-11(2)7-6-12-8-4-3-5-10-9(7)8/h3-6H,1-2H3. The Morgan fingerprint density at radius 3 is 3.00 bits per heavy atom. The summed E-state index contributed by atoms with van der Waals surface area (Å²) < 4.78 is 1.25. The number of rotatable bonds is 1. The number of thiophene rings is 1. The minimum atomic E-state index is 1.10. The van der Waals surface area contributed by atoms with Crippen molar-refractivity contribution in [2.45, 2.75) is 0 Å². The van der Waals surface area contributed by atoms with Gasteiger partial charge in [-0.25, -0.2) is 0 Å². The zero-order valence-corrected chi connectivity index (χ0v) is 7.93. The van der Waals surface area contributed by atoms with Crippen LogP contribution in [0.4, 0.5) is 5.69 Å². The molecular formula is C9H10N2S. The van der Waals surface area contributed by atoms with Crippen molar-refractivity contribution in [3.05, 3.63) is 23.7 Å². The highest BCUT2D eigenvalue weighted by Gasteiger charge is 2.04. The van der Waals surface area contributed by atoms with Gasteiger partial charge in [0.1, 0.15) is 5.52 Å². The monoisotopic (exact) mass is 178 g/mol. The van der Waals surface area contributed by atoms with Crippen molar-refractivity contribution >= 4 is 27.2 Å². The van der Waals surface area contributed by atoms with Gasteiger partial charge in [-0.1, -0.05) is 0 Å². The molecule has 62 valence electrons. The van der Waals surface area contributed by atoms with E-state index in [2.05, 4.69) is 21.3 Å². The molecule has 0 saturated carbocycles. The van der Waals surface area contributed by atoms with E-state index in [0.717, 1.165) is 5.52 Å². The van der Waals surface area contributed by atoms with Crippen molar-refractivity contribution < 1.29 is 0 Å². The van der Waals surface area contributed by atoms with E-state index in [0.29, 0.717) is 0 Å². The van der Waals surface area contributed by atoms with E-state index in [4.69, 9.17) is 0 Å². The Bertz CT molecular complexity index is 392. The molecule has 12 heavy (non-hydrogen) atoms. The third-order valence-corrected chi connectivity index (χ3v) is 2.72. The van der Waals surface area contributed by atoms with Crippen LogP contribution in [0.5, 0.6) is 0 Å². The molecule has 2 nitrogen and oxygen atoms in total. The molecule has 0 fully saturated rings. The van der Waals surface area contributed by atoms with E-state index in [9.17, 15) is 0 Å². The van der Waals surface area contributed by atoms with Gasteiger partial charge in [-0.05, 0) is 12.1 Å².